The second kappa shape index (κ2) is 8.44. The fourth-order valence-electron chi connectivity index (χ4n) is 3.71. The lowest BCUT2D eigenvalue weighted by molar-refractivity contribution is -0.120. The molecule has 4 N–H and O–H groups in total. The fraction of sp³-hybridized carbons (Fsp3) is 0.667. The normalized spacial score (nSPS) is 26.3. The number of Topliss-reactive ketones (excluding diaryl/α,β-unsaturated/α-hetero) is 1. The summed E-state index contributed by atoms with van der Waals surface area (Å²) in [5, 5.41) is 6.56. The van der Waals surface area contributed by atoms with Crippen molar-refractivity contribution < 1.29 is 14.3 Å². The lowest BCUT2D eigenvalue weighted by Crippen LogP contribution is -2.31. The van der Waals surface area contributed by atoms with Gasteiger partial charge in [0.15, 0.2) is 0 Å². The first kappa shape index (κ1) is 18.6. The Bertz CT molecular complexity index is 658. The predicted molar refractivity (Wildman–Crippen MR) is 98.1 cm³/mol. The predicted octanol–water partition coefficient (Wildman–Crippen LogP) is 1.87. The van der Waals surface area contributed by atoms with Crippen LogP contribution < -0.4 is 16.4 Å². The largest absolute Gasteiger partial charge is 0.381 e. The van der Waals surface area contributed by atoms with Gasteiger partial charge in [0, 0.05) is 38.2 Å². The molecule has 3 rings (SSSR count). The molecule has 1 amide bonds. The Hall–Kier alpha value is -2.22. The second-order valence-corrected chi connectivity index (χ2v) is 7.15. The Kier molecular flexibility index (Phi) is 6.03. The number of nitrogens with zero attached hydrogens (tertiary/aromatic N) is 2. The number of hydrogen-bond donors (Lipinski definition) is 3. The van der Waals surface area contributed by atoms with Crippen LogP contribution in [-0.4, -0.2) is 47.0 Å². The minimum absolute atomic E-state index is 0.0192. The van der Waals surface area contributed by atoms with Gasteiger partial charge in [-0.1, -0.05) is 0 Å². The number of carbonyl (C=O) groups excluding carboxylic acids is 2. The number of carbonyl (C=O) groups is 2. The van der Waals surface area contributed by atoms with Gasteiger partial charge < -0.3 is 21.1 Å². The first-order valence-corrected chi connectivity index (χ1v) is 9.29. The number of anilines is 2. The van der Waals surface area contributed by atoms with Crippen LogP contribution in [0.2, 0.25) is 0 Å². The van der Waals surface area contributed by atoms with Crippen molar-refractivity contribution >= 4 is 23.5 Å². The number of nitrogens with one attached hydrogen (secondary N) is 2. The fourth-order valence-corrected chi connectivity index (χ4v) is 3.71. The maximum atomic E-state index is 11.7. The first-order chi connectivity index (χ1) is 12.5. The van der Waals surface area contributed by atoms with Crippen LogP contribution in [0, 0.1) is 0 Å². The van der Waals surface area contributed by atoms with Gasteiger partial charge in [0.2, 0.25) is 5.95 Å². The van der Waals surface area contributed by atoms with Crippen LogP contribution in [0.15, 0.2) is 6.20 Å². The number of amides is 1. The van der Waals surface area contributed by atoms with E-state index in [0.717, 1.165) is 38.5 Å². The molecule has 8 heteroatoms. The third kappa shape index (κ3) is 4.69. The van der Waals surface area contributed by atoms with Crippen molar-refractivity contribution in [2.45, 2.75) is 69.6 Å². The van der Waals surface area contributed by atoms with Crippen LogP contribution >= 0.6 is 0 Å². The molecule has 0 spiro atoms. The van der Waals surface area contributed by atoms with E-state index in [4.69, 9.17) is 10.5 Å². The molecule has 0 aromatic carbocycles. The minimum Gasteiger partial charge on any atom is -0.381 e. The molecule has 0 radical (unpaired) electrons. The number of aromatic nitrogens is 2. The average molecular weight is 361 g/mol. The van der Waals surface area contributed by atoms with Gasteiger partial charge in [-0.2, -0.15) is 4.98 Å². The van der Waals surface area contributed by atoms with E-state index in [1.807, 2.05) is 0 Å². The summed E-state index contributed by atoms with van der Waals surface area (Å²) in [4.78, 5) is 32.1. The zero-order valence-corrected chi connectivity index (χ0v) is 15.2. The highest BCUT2D eigenvalue weighted by Gasteiger charge is 2.24. The molecular formula is C18H27N5O3. The van der Waals surface area contributed by atoms with Crippen molar-refractivity contribution in [2.24, 2.45) is 5.73 Å². The molecule has 0 aliphatic heterocycles. The van der Waals surface area contributed by atoms with Gasteiger partial charge in [-0.15, -0.1) is 0 Å². The van der Waals surface area contributed by atoms with Gasteiger partial charge in [-0.25, -0.2) is 4.98 Å². The molecule has 2 saturated carbocycles. The standard InChI is InChI=1S/C18H27N5O3/c1-26-14-7-5-11(6-8-14)22-18-20-10-15(16(19)25)17(23-18)21-12-3-2-4-13(24)9-12/h10-12,14H,2-9H2,1H3,(H2,19,25)(H2,20,21,22,23)/t11?,12-,14?/m1/s1. The summed E-state index contributed by atoms with van der Waals surface area (Å²) >= 11 is 0. The van der Waals surface area contributed by atoms with Gasteiger partial charge >= 0.3 is 0 Å². The summed E-state index contributed by atoms with van der Waals surface area (Å²) in [5.41, 5.74) is 5.70. The zero-order chi connectivity index (χ0) is 18.5. The van der Waals surface area contributed by atoms with E-state index >= 15 is 0 Å². The van der Waals surface area contributed by atoms with Crippen molar-refractivity contribution in [3.63, 3.8) is 0 Å². The molecule has 2 fully saturated rings. The van der Waals surface area contributed by atoms with Crippen molar-refractivity contribution in [1.29, 1.82) is 0 Å². The maximum Gasteiger partial charge on any atom is 0.254 e. The third-order valence-corrected chi connectivity index (χ3v) is 5.22. The Labute approximate surface area is 153 Å². The molecule has 1 atom stereocenters. The number of nitrogens with two attached hydrogens (primary N) is 1. The highest BCUT2D eigenvalue weighted by atomic mass is 16.5. The summed E-state index contributed by atoms with van der Waals surface area (Å²) in [5.74, 6) is 0.527. The topological polar surface area (TPSA) is 119 Å². The second-order valence-electron chi connectivity index (χ2n) is 7.15. The van der Waals surface area contributed by atoms with Crippen molar-refractivity contribution in [3.8, 4) is 0 Å². The van der Waals surface area contributed by atoms with E-state index in [0.29, 0.717) is 30.7 Å². The molecule has 2 aliphatic carbocycles. The number of rotatable bonds is 6. The number of ketones is 1. The van der Waals surface area contributed by atoms with Crippen molar-refractivity contribution in [2.75, 3.05) is 17.7 Å². The third-order valence-electron chi connectivity index (χ3n) is 5.22. The number of methoxy groups -OCH3 is 1. The van der Waals surface area contributed by atoms with Crippen LogP contribution in [0.3, 0.4) is 0 Å². The molecule has 26 heavy (non-hydrogen) atoms. The van der Waals surface area contributed by atoms with Gasteiger partial charge in [-0.3, -0.25) is 9.59 Å². The Morgan fingerprint density at radius 3 is 2.62 bits per heavy atom. The van der Waals surface area contributed by atoms with Gasteiger partial charge in [0.25, 0.3) is 5.91 Å². The quantitative estimate of drug-likeness (QED) is 0.707. The van der Waals surface area contributed by atoms with E-state index < -0.39 is 5.91 Å². The van der Waals surface area contributed by atoms with E-state index in [1.165, 1.54) is 6.20 Å². The van der Waals surface area contributed by atoms with Crippen LogP contribution in [0.4, 0.5) is 11.8 Å². The number of hydrogen-bond acceptors (Lipinski definition) is 7. The molecule has 2 aliphatic rings. The Balaban J connectivity index is 1.69. The van der Waals surface area contributed by atoms with Crippen molar-refractivity contribution in [1.82, 2.24) is 9.97 Å². The van der Waals surface area contributed by atoms with Crippen LogP contribution in [-0.2, 0) is 9.53 Å². The number of ether oxygens (including phenoxy) is 1. The van der Waals surface area contributed by atoms with E-state index in [1.54, 1.807) is 7.11 Å². The summed E-state index contributed by atoms with van der Waals surface area (Å²) in [6, 6.07) is 0.263. The van der Waals surface area contributed by atoms with Crippen molar-refractivity contribution in [3.05, 3.63) is 11.8 Å². The molecule has 0 unspecified atom stereocenters. The lowest BCUT2D eigenvalue weighted by Gasteiger charge is -2.28. The maximum absolute atomic E-state index is 11.7. The molecule has 142 valence electrons. The van der Waals surface area contributed by atoms with Gasteiger partial charge in [0.1, 0.15) is 11.6 Å². The first-order valence-electron chi connectivity index (χ1n) is 9.29. The Morgan fingerprint density at radius 1 is 1.19 bits per heavy atom. The molecule has 0 saturated heterocycles. The van der Waals surface area contributed by atoms with Crippen LogP contribution in [0.5, 0.6) is 0 Å². The average Bonchev–Trinajstić information content (AvgIpc) is 2.62. The number of primary amides is 1. The summed E-state index contributed by atoms with van der Waals surface area (Å²) in [6.45, 7) is 0. The molecule has 1 aromatic heterocycles. The monoisotopic (exact) mass is 361 g/mol. The molecular weight excluding hydrogens is 334 g/mol. The lowest BCUT2D eigenvalue weighted by atomic mass is 9.93. The molecule has 0 bridgehead atoms. The highest BCUT2D eigenvalue weighted by molar-refractivity contribution is 5.97. The zero-order valence-electron chi connectivity index (χ0n) is 15.2. The molecule has 1 aromatic rings. The summed E-state index contributed by atoms with van der Waals surface area (Å²) in [7, 11) is 1.75. The van der Waals surface area contributed by atoms with E-state index in [-0.39, 0.29) is 23.4 Å². The Morgan fingerprint density at radius 2 is 1.96 bits per heavy atom. The molecule has 1 heterocycles. The van der Waals surface area contributed by atoms with Crippen LogP contribution in [0.1, 0.15) is 61.7 Å². The van der Waals surface area contributed by atoms with E-state index in [2.05, 4.69) is 20.6 Å². The van der Waals surface area contributed by atoms with Crippen LogP contribution in [0.25, 0.3) is 0 Å². The highest BCUT2D eigenvalue weighted by Crippen LogP contribution is 2.25. The SMILES string of the molecule is COC1CCC(Nc2ncc(C(N)=O)c(N[C@@H]3CCCC(=O)C3)n2)CC1. The summed E-state index contributed by atoms with van der Waals surface area (Å²) < 4.78 is 5.40. The summed E-state index contributed by atoms with van der Waals surface area (Å²) in [6.07, 6.45) is 8.55. The molecule has 8 nitrogen and oxygen atoms in total. The van der Waals surface area contributed by atoms with Gasteiger partial charge in [0.05, 0.1) is 11.7 Å². The minimum atomic E-state index is -0.582. The van der Waals surface area contributed by atoms with Gasteiger partial charge in [-0.05, 0) is 38.5 Å². The van der Waals surface area contributed by atoms with E-state index in [9.17, 15) is 9.59 Å². The smallest absolute Gasteiger partial charge is 0.254 e.